The van der Waals surface area contributed by atoms with Crippen LogP contribution in [0.25, 0.3) is 10.2 Å². The zero-order chi connectivity index (χ0) is 12.4. The first-order chi connectivity index (χ1) is 8.06. The Morgan fingerprint density at radius 1 is 1.53 bits per heavy atom. The minimum absolute atomic E-state index is 0.297. The van der Waals surface area contributed by atoms with Gasteiger partial charge in [-0.1, -0.05) is 0 Å². The highest BCUT2D eigenvalue weighted by Crippen LogP contribution is 2.29. The van der Waals surface area contributed by atoms with Gasteiger partial charge in [0.1, 0.15) is 0 Å². The van der Waals surface area contributed by atoms with Gasteiger partial charge in [-0.05, 0) is 32.4 Å². The van der Waals surface area contributed by atoms with Gasteiger partial charge in [-0.3, -0.25) is 0 Å². The number of anilines is 2. The summed E-state index contributed by atoms with van der Waals surface area (Å²) in [6, 6.07) is 3.92. The van der Waals surface area contributed by atoms with Gasteiger partial charge >= 0.3 is 0 Å². The average molecular weight is 251 g/mol. The van der Waals surface area contributed by atoms with Crippen LogP contribution in [0.1, 0.15) is 18.4 Å². The van der Waals surface area contributed by atoms with Gasteiger partial charge in [0.2, 0.25) is 0 Å². The molecule has 1 aromatic carbocycles. The summed E-state index contributed by atoms with van der Waals surface area (Å²) < 4.78 is 1.11. The molecule has 0 fully saturated rings. The van der Waals surface area contributed by atoms with Crippen molar-refractivity contribution >= 4 is 32.9 Å². The summed E-state index contributed by atoms with van der Waals surface area (Å²) >= 11 is 1.64. The molecule has 0 bridgehead atoms. The van der Waals surface area contributed by atoms with Gasteiger partial charge in [0.05, 0.1) is 32.7 Å². The molecule has 0 saturated carbocycles. The van der Waals surface area contributed by atoms with E-state index in [0.717, 1.165) is 26.6 Å². The van der Waals surface area contributed by atoms with Crippen LogP contribution in [0.2, 0.25) is 0 Å². The third-order valence-electron chi connectivity index (χ3n) is 2.54. The molecule has 5 heteroatoms. The molecule has 0 amide bonds. The van der Waals surface area contributed by atoms with E-state index in [9.17, 15) is 5.11 Å². The maximum Gasteiger partial charge on any atom is 0.0907 e. The molecule has 1 unspecified atom stereocenters. The Morgan fingerprint density at radius 3 is 3.00 bits per heavy atom. The van der Waals surface area contributed by atoms with Crippen molar-refractivity contribution in [3.8, 4) is 0 Å². The lowest BCUT2D eigenvalue weighted by Crippen LogP contribution is -2.10. The molecule has 0 aliphatic carbocycles. The number of hydrogen-bond donors (Lipinski definition) is 3. The number of aryl methyl sites for hydroxylation is 1. The van der Waals surface area contributed by atoms with Crippen molar-refractivity contribution in [3.05, 3.63) is 17.1 Å². The minimum Gasteiger partial charge on any atom is -0.397 e. The largest absolute Gasteiger partial charge is 0.397 e. The molecule has 1 atom stereocenters. The molecule has 2 aromatic rings. The molecule has 2 rings (SSSR count). The van der Waals surface area contributed by atoms with Crippen LogP contribution in [0.5, 0.6) is 0 Å². The molecule has 1 heterocycles. The summed E-state index contributed by atoms with van der Waals surface area (Å²) in [5.74, 6) is 0. The van der Waals surface area contributed by atoms with Crippen LogP contribution < -0.4 is 11.1 Å². The number of nitrogen functional groups attached to an aromatic ring is 1. The standard InChI is InChI=1S/C12H17N3OS/c1-7(16)3-4-14-10-6-11-12(5-9(10)13)17-8(2)15-11/h5-7,14,16H,3-4,13H2,1-2H3. The Kier molecular flexibility index (Phi) is 3.49. The van der Waals surface area contributed by atoms with Crippen molar-refractivity contribution in [1.29, 1.82) is 0 Å². The van der Waals surface area contributed by atoms with Gasteiger partial charge in [-0.15, -0.1) is 11.3 Å². The van der Waals surface area contributed by atoms with Crippen molar-refractivity contribution in [2.24, 2.45) is 0 Å². The van der Waals surface area contributed by atoms with Crippen LogP contribution >= 0.6 is 11.3 Å². The van der Waals surface area contributed by atoms with Crippen molar-refractivity contribution < 1.29 is 5.11 Å². The van der Waals surface area contributed by atoms with E-state index in [1.54, 1.807) is 18.3 Å². The number of fused-ring (bicyclic) bond motifs is 1. The van der Waals surface area contributed by atoms with E-state index in [-0.39, 0.29) is 6.10 Å². The molecule has 1 aromatic heterocycles. The fourth-order valence-electron chi connectivity index (χ4n) is 1.67. The maximum atomic E-state index is 9.19. The quantitative estimate of drug-likeness (QED) is 0.730. The Hall–Kier alpha value is -1.33. The summed E-state index contributed by atoms with van der Waals surface area (Å²) in [6.07, 6.45) is 0.405. The second-order valence-corrected chi connectivity index (χ2v) is 5.44. The highest BCUT2D eigenvalue weighted by Gasteiger charge is 2.06. The number of nitrogens with two attached hydrogens (primary N) is 1. The van der Waals surface area contributed by atoms with Crippen molar-refractivity contribution in [2.75, 3.05) is 17.6 Å². The second-order valence-electron chi connectivity index (χ2n) is 4.20. The van der Waals surface area contributed by atoms with Crippen LogP contribution in [0.4, 0.5) is 11.4 Å². The lowest BCUT2D eigenvalue weighted by atomic mass is 10.2. The maximum absolute atomic E-state index is 9.19. The van der Waals surface area contributed by atoms with Gasteiger partial charge in [0, 0.05) is 6.54 Å². The predicted molar refractivity (Wildman–Crippen MR) is 73.6 cm³/mol. The zero-order valence-electron chi connectivity index (χ0n) is 10.0. The number of nitrogens with zero attached hydrogens (tertiary/aromatic N) is 1. The summed E-state index contributed by atoms with van der Waals surface area (Å²) in [6.45, 7) is 4.47. The number of aliphatic hydroxyl groups is 1. The van der Waals surface area contributed by atoms with Crippen molar-refractivity contribution in [3.63, 3.8) is 0 Å². The van der Waals surface area contributed by atoms with Gasteiger partial charge in [0.25, 0.3) is 0 Å². The zero-order valence-corrected chi connectivity index (χ0v) is 10.8. The highest BCUT2D eigenvalue weighted by atomic mass is 32.1. The van der Waals surface area contributed by atoms with Crippen LogP contribution in [0.3, 0.4) is 0 Å². The molecule has 0 spiro atoms. The van der Waals surface area contributed by atoms with Gasteiger partial charge in [-0.2, -0.15) is 0 Å². The number of nitrogens with one attached hydrogen (secondary N) is 1. The third-order valence-corrected chi connectivity index (χ3v) is 3.48. The number of aliphatic hydroxyl groups excluding tert-OH is 1. The van der Waals surface area contributed by atoms with Gasteiger partial charge < -0.3 is 16.2 Å². The normalized spacial score (nSPS) is 12.9. The fraction of sp³-hybridized carbons (Fsp3) is 0.417. The number of aromatic nitrogens is 1. The van der Waals surface area contributed by atoms with E-state index in [4.69, 9.17) is 5.73 Å². The van der Waals surface area contributed by atoms with Gasteiger partial charge in [-0.25, -0.2) is 4.98 Å². The highest BCUT2D eigenvalue weighted by molar-refractivity contribution is 7.18. The number of thiazole rings is 1. The van der Waals surface area contributed by atoms with Crippen molar-refractivity contribution in [2.45, 2.75) is 26.4 Å². The first-order valence-electron chi connectivity index (χ1n) is 5.65. The van der Waals surface area contributed by atoms with E-state index in [2.05, 4.69) is 10.3 Å². The second kappa shape index (κ2) is 4.89. The van der Waals surface area contributed by atoms with E-state index in [1.807, 2.05) is 19.1 Å². The smallest absolute Gasteiger partial charge is 0.0907 e. The SMILES string of the molecule is Cc1nc2cc(NCCC(C)O)c(N)cc2s1. The Balaban J connectivity index is 2.18. The molecular formula is C12H17N3OS. The Morgan fingerprint density at radius 2 is 2.29 bits per heavy atom. The van der Waals surface area contributed by atoms with Crippen molar-refractivity contribution in [1.82, 2.24) is 4.98 Å². The Bertz CT molecular complexity index is 522. The summed E-state index contributed by atoms with van der Waals surface area (Å²) in [5, 5.41) is 13.5. The molecule has 4 N–H and O–H groups in total. The molecule has 0 aliphatic rings. The average Bonchev–Trinajstić information content (AvgIpc) is 2.57. The van der Waals surface area contributed by atoms with E-state index in [1.165, 1.54) is 0 Å². The number of hydrogen-bond acceptors (Lipinski definition) is 5. The van der Waals surface area contributed by atoms with Crippen LogP contribution in [-0.2, 0) is 0 Å². The first-order valence-corrected chi connectivity index (χ1v) is 6.46. The van der Waals surface area contributed by atoms with Crippen LogP contribution in [0, 0.1) is 6.92 Å². The number of rotatable bonds is 4. The van der Waals surface area contributed by atoms with Crippen LogP contribution in [-0.4, -0.2) is 22.7 Å². The van der Waals surface area contributed by atoms with E-state index < -0.39 is 0 Å². The Labute approximate surface area is 104 Å². The minimum atomic E-state index is -0.297. The fourth-order valence-corrected chi connectivity index (χ4v) is 2.53. The molecular weight excluding hydrogens is 234 g/mol. The molecule has 92 valence electrons. The monoisotopic (exact) mass is 251 g/mol. The van der Waals surface area contributed by atoms with Crippen LogP contribution in [0.15, 0.2) is 12.1 Å². The molecule has 0 aliphatic heterocycles. The molecule has 0 saturated heterocycles. The van der Waals surface area contributed by atoms with E-state index in [0.29, 0.717) is 13.0 Å². The molecule has 4 nitrogen and oxygen atoms in total. The summed E-state index contributed by atoms with van der Waals surface area (Å²) in [4.78, 5) is 4.43. The lowest BCUT2D eigenvalue weighted by Gasteiger charge is -2.10. The molecule has 0 radical (unpaired) electrons. The summed E-state index contributed by atoms with van der Waals surface area (Å²) in [7, 11) is 0. The predicted octanol–water partition coefficient (Wildman–Crippen LogP) is 2.37. The topological polar surface area (TPSA) is 71.2 Å². The summed E-state index contributed by atoms with van der Waals surface area (Å²) in [5.41, 5.74) is 8.56. The molecule has 17 heavy (non-hydrogen) atoms. The first kappa shape index (κ1) is 12.1. The van der Waals surface area contributed by atoms with E-state index >= 15 is 0 Å². The lowest BCUT2D eigenvalue weighted by molar-refractivity contribution is 0.189. The van der Waals surface area contributed by atoms with Gasteiger partial charge in [0.15, 0.2) is 0 Å². The third kappa shape index (κ3) is 2.87. The number of benzene rings is 1.